The number of sulfone groups is 1. The lowest BCUT2D eigenvalue weighted by Crippen LogP contribution is -2.53. The molecule has 4 heterocycles. The first kappa shape index (κ1) is 73.4. The van der Waals surface area contributed by atoms with Crippen LogP contribution in [0.3, 0.4) is 0 Å². The molecule has 500 valence electrons. The molecule has 23 nitrogen and oxygen atoms in total. The number of benzene rings is 2. The van der Waals surface area contributed by atoms with Gasteiger partial charge in [-0.3, -0.25) is 38.5 Å². The highest BCUT2D eigenvalue weighted by Gasteiger charge is 2.64. The number of allylic oxidation sites excluding steroid dienone is 3. The van der Waals surface area contributed by atoms with Crippen molar-refractivity contribution in [2.24, 2.45) is 29.4 Å². The van der Waals surface area contributed by atoms with Gasteiger partial charge in [-0.15, -0.1) is 0 Å². The van der Waals surface area contributed by atoms with Gasteiger partial charge in [-0.05, 0) is 112 Å². The van der Waals surface area contributed by atoms with E-state index in [2.05, 4.69) is 10.6 Å². The van der Waals surface area contributed by atoms with E-state index in [9.17, 15) is 56.7 Å². The second-order valence-corrected chi connectivity index (χ2v) is 28.2. The number of methoxy groups -OCH3 is 2. The Labute approximate surface area is 543 Å². The maximum atomic E-state index is 14.6. The molecule has 6 rings (SSSR count). The Kier molecular flexibility index (Phi) is 25.3. The zero-order valence-corrected chi connectivity index (χ0v) is 56.5. The quantitative estimate of drug-likeness (QED) is 0.0270. The molecule has 5 N–H and O–H groups in total. The Balaban J connectivity index is 1.20. The van der Waals surface area contributed by atoms with Crippen molar-refractivity contribution in [3.8, 4) is 5.75 Å². The number of nitrogens with zero attached hydrogens (tertiary/aromatic N) is 3. The summed E-state index contributed by atoms with van der Waals surface area (Å²) >= 11 is 12.6. The standard InChI is InChI=1S/C65H89ClN6O17S2/c1-36(2)45(32-44(90)19-14-13-15-25-72-55(75)27-38(4)60(72)78)59(77)69-46(20-17-24-68-63(67)81)48(73)30-42-22-23-43(31-51(42)91(12,83)84)61(79)70(8)40(6)62(80)88-53-33-54(74)71(9)47-28-41(29-49(85-10)57(47)66)26-37(3)18-16-21-52(86-11)65(82)34-50(87-56(76)35-65)39(5)58-64(53,7)89-58/h16,18,21-23,28-29,31,36,38-40,45-46,50,52-53,58,82H,13-15,17,19-20,24-27,30,32-35H2,1-12H3,(H,69,77)(H3,67,68,81)/b21-16+,37-18+/t38?,39-,40+,45+,46+,50+,52-,53+,58+,64+,65-/m1/s1. The van der Waals surface area contributed by atoms with Gasteiger partial charge < -0.3 is 55.0 Å². The number of thiocarbonyl (C=S) groups is 1. The number of primary amides is 1. The number of nitrogens with two attached hydrogens (primary N) is 1. The van der Waals surface area contributed by atoms with Crippen LogP contribution in [0.1, 0.15) is 141 Å². The number of carbonyl (C=O) groups excluding carboxylic acids is 9. The van der Waals surface area contributed by atoms with E-state index in [1.54, 1.807) is 45.1 Å². The van der Waals surface area contributed by atoms with Gasteiger partial charge in [0, 0.05) is 83.1 Å². The van der Waals surface area contributed by atoms with Gasteiger partial charge in [0.1, 0.15) is 46.3 Å². The first-order valence-electron chi connectivity index (χ1n) is 30.8. The number of likely N-dealkylation sites (tertiary alicyclic amines) is 1. The number of halogens is 1. The van der Waals surface area contributed by atoms with E-state index in [1.807, 2.05) is 26.8 Å². The maximum absolute atomic E-state index is 14.6. The number of ketones is 1. The maximum Gasteiger partial charge on any atom is 0.328 e. The highest BCUT2D eigenvalue weighted by molar-refractivity contribution is 7.90. The van der Waals surface area contributed by atoms with Gasteiger partial charge in [0.15, 0.2) is 15.6 Å². The molecule has 2 aromatic rings. The van der Waals surface area contributed by atoms with Crippen molar-refractivity contribution in [1.29, 1.82) is 0 Å². The number of anilines is 1. The number of ether oxygens (including phenoxy) is 5. The summed E-state index contributed by atoms with van der Waals surface area (Å²) in [6.45, 7) is 12.5. The molecule has 26 heteroatoms. The third-order valence-corrected chi connectivity index (χ3v) is 19.8. The van der Waals surface area contributed by atoms with Crippen molar-refractivity contribution < 1.29 is 80.4 Å². The number of unbranched alkanes of at least 4 members (excludes halogenated alkanes) is 2. The SMILES string of the molecule is COc1cc2cc(c1Cl)N(C)C(=O)C[C@H](OC(=O)[C@H](C)N(C)C(=O)c1ccc(CC(=O)[C@H](CCCNC(N)=O)NC(=O)[C@@H](CC(=S)CCCCCN3C(=O)CC(C)C3=O)C(C)C)c(S(C)(=O)=O)c1)[C@]1(C)O[C@H]1[C@H](C)[C@@H]1C[C@@](O)(CC(=O)O1)[C@H](OC)/C=C/C=C(\C)C2. The Bertz CT molecular complexity index is 3300. The van der Waals surface area contributed by atoms with Crippen LogP contribution in [-0.2, 0) is 75.2 Å². The minimum Gasteiger partial charge on any atom is -0.495 e. The first-order chi connectivity index (χ1) is 42.6. The Morgan fingerprint density at radius 2 is 1.70 bits per heavy atom. The predicted octanol–water partition coefficient (Wildman–Crippen LogP) is 6.51. The molecule has 7 amide bonds. The Morgan fingerprint density at radius 1 is 1.00 bits per heavy atom. The van der Waals surface area contributed by atoms with Gasteiger partial charge >= 0.3 is 18.0 Å². The number of carbonyl (C=O) groups is 9. The van der Waals surface area contributed by atoms with Gasteiger partial charge in [-0.2, -0.15) is 0 Å². The second kappa shape index (κ2) is 31.3. The summed E-state index contributed by atoms with van der Waals surface area (Å²) in [5.74, 6) is -5.93. The highest BCUT2D eigenvalue weighted by Crippen LogP contribution is 2.50. The van der Waals surface area contributed by atoms with Crippen molar-refractivity contribution in [3.63, 3.8) is 0 Å². The van der Waals surface area contributed by atoms with Crippen LogP contribution >= 0.6 is 23.8 Å². The molecule has 2 aromatic carbocycles. The molecule has 0 aliphatic carbocycles. The number of nitrogens with one attached hydrogen (secondary N) is 2. The number of amides is 7. The average Bonchev–Trinajstić information content (AvgIpc) is 1.58. The summed E-state index contributed by atoms with van der Waals surface area (Å²) in [5.41, 5.74) is 3.93. The molecule has 0 spiro atoms. The predicted molar refractivity (Wildman–Crippen MR) is 343 cm³/mol. The lowest BCUT2D eigenvalue weighted by Gasteiger charge is -2.41. The fourth-order valence-corrected chi connectivity index (χ4v) is 13.7. The van der Waals surface area contributed by atoms with Crippen LogP contribution in [-0.4, -0.2) is 177 Å². The molecule has 0 radical (unpaired) electrons. The molecular formula is C65H89ClN6O17S2. The summed E-state index contributed by atoms with van der Waals surface area (Å²) in [6, 6.07) is 3.87. The smallest absolute Gasteiger partial charge is 0.328 e. The van der Waals surface area contributed by atoms with Crippen molar-refractivity contribution in [2.45, 2.75) is 185 Å². The number of esters is 2. The van der Waals surface area contributed by atoms with Crippen molar-refractivity contribution >= 4 is 97.5 Å². The Morgan fingerprint density at radius 3 is 2.33 bits per heavy atom. The number of fused-ring (bicyclic) bond motifs is 5. The van der Waals surface area contributed by atoms with Crippen LogP contribution in [0.4, 0.5) is 10.5 Å². The van der Waals surface area contributed by atoms with Crippen LogP contribution in [0.5, 0.6) is 5.75 Å². The van der Waals surface area contributed by atoms with Gasteiger partial charge in [0.05, 0.1) is 42.7 Å². The van der Waals surface area contributed by atoms with E-state index in [0.717, 1.165) is 28.4 Å². The van der Waals surface area contributed by atoms with Crippen LogP contribution in [0.2, 0.25) is 5.02 Å². The fourth-order valence-electron chi connectivity index (χ4n) is 12.1. The first-order valence-corrected chi connectivity index (χ1v) is 33.4. The van der Waals surface area contributed by atoms with Crippen LogP contribution in [0, 0.1) is 23.7 Å². The summed E-state index contributed by atoms with van der Waals surface area (Å²) in [4.78, 5) is 125. The van der Waals surface area contributed by atoms with E-state index in [1.165, 1.54) is 57.2 Å². The Hall–Kier alpha value is -6.64. The normalized spacial score (nSPS) is 25.7. The molecule has 3 fully saturated rings. The molecule has 4 aliphatic rings. The number of Topliss-reactive ketones (excluding diaryl/α,β-unsaturated/α-hetero) is 1. The largest absolute Gasteiger partial charge is 0.495 e. The molecule has 4 aliphatic heterocycles. The number of aliphatic hydroxyl groups is 1. The minimum absolute atomic E-state index is 0.0160. The molecule has 0 saturated carbocycles. The number of hydrogen-bond donors (Lipinski definition) is 4. The average molecular weight is 1330 g/mol. The van der Waals surface area contributed by atoms with Crippen LogP contribution < -0.4 is 26.0 Å². The summed E-state index contributed by atoms with van der Waals surface area (Å²) < 4.78 is 57.0. The van der Waals surface area contributed by atoms with E-state index < -0.39 is 124 Å². The van der Waals surface area contributed by atoms with Crippen molar-refractivity contribution in [1.82, 2.24) is 20.4 Å². The van der Waals surface area contributed by atoms with E-state index in [4.69, 9.17) is 53.2 Å². The third-order valence-electron chi connectivity index (χ3n) is 17.9. The lowest BCUT2D eigenvalue weighted by molar-refractivity contribution is -0.187. The number of rotatable bonds is 25. The zero-order chi connectivity index (χ0) is 67.6. The number of hydrogen-bond acceptors (Lipinski definition) is 18. The van der Waals surface area contributed by atoms with Crippen molar-refractivity contribution in [3.05, 3.63) is 75.8 Å². The zero-order valence-electron chi connectivity index (χ0n) is 54.1. The molecular weight excluding hydrogens is 1240 g/mol. The van der Waals surface area contributed by atoms with Crippen molar-refractivity contribution in [2.75, 3.05) is 52.6 Å². The second-order valence-electron chi connectivity index (χ2n) is 25.3. The summed E-state index contributed by atoms with van der Waals surface area (Å²) in [5, 5.41) is 17.5. The van der Waals surface area contributed by atoms with E-state index in [-0.39, 0.29) is 89.8 Å². The third kappa shape index (κ3) is 18.6. The molecule has 1 unspecified atom stereocenters. The number of imide groups is 1. The summed E-state index contributed by atoms with van der Waals surface area (Å²) in [7, 11) is 1.50. The number of epoxide rings is 1. The van der Waals surface area contributed by atoms with E-state index in [0.29, 0.717) is 55.0 Å². The van der Waals surface area contributed by atoms with Gasteiger partial charge in [-0.25, -0.2) is 18.0 Å². The minimum atomic E-state index is -4.18. The van der Waals surface area contributed by atoms with Crippen LogP contribution in [0.25, 0.3) is 0 Å². The summed E-state index contributed by atoms with van der Waals surface area (Å²) in [6.07, 6.45) is 4.31. The van der Waals surface area contributed by atoms with Gasteiger partial charge in [-0.1, -0.05) is 87.8 Å². The monoisotopic (exact) mass is 1320 g/mol. The molecule has 4 bridgehead atoms. The lowest BCUT2D eigenvalue weighted by atomic mass is 9.78. The van der Waals surface area contributed by atoms with Gasteiger partial charge in [0.2, 0.25) is 23.6 Å². The fraction of sp³-hybridized carbons (Fsp3) is 0.600. The molecule has 3 saturated heterocycles. The number of urea groups is 1. The topological polar surface area (TPSA) is 317 Å². The highest BCUT2D eigenvalue weighted by atomic mass is 35.5. The number of likely N-dealkylation sites (N-methyl/N-ethyl adjacent to an activating group) is 1. The molecule has 11 atom stereocenters. The van der Waals surface area contributed by atoms with E-state index >= 15 is 0 Å². The van der Waals surface area contributed by atoms with Gasteiger partial charge in [0.25, 0.3) is 5.91 Å². The molecule has 0 aromatic heterocycles. The van der Waals surface area contributed by atoms with Crippen LogP contribution in [0.15, 0.2) is 59.0 Å². The molecule has 91 heavy (non-hydrogen) atoms.